The molecule has 3 aromatic rings. The number of fused-ring (bicyclic) bond motifs is 1. The summed E-state index contributed by atoms with van der Waals surface area (Å²) < 4.78 is 12.3. The van der Waals surface area contributed by atoms with Crippen molar-refractivity contribution in [3.8, 4) is 5.75 Å². The van der Waals surface area contributed by atoms with Crippen molar-refractivity contribution in [2.75, 3.05) is 38.2 Å². The molecule has 25 heavy (non-hydrogen) atoms. The van der Waals surface area contributed by atoms with E-state index in [1.165, 1.54) is 10.6 Å². The highest BCUT2D eigenvalue weighted by Gasteiger charge is 2.22. The Hall–Kier alpha value is -2.73. The molecule has 1 saturated heterocycles. The minimum absolute atomic E-state index is 0.272. The fourth-order valence-corrected chi connectivity index (χ4v) is 3.42. The lowest BCUT2D eigenvalue weighted by Gasteiger charge is -2.33. The summed E-state index contributed by atoms with van der Waals surface area (Å²) in [6.07, 6.45) is 0. The largest absolute Gasteiger partial charge is 0.497 e. The SMILES string of the molecule is COc1ccc(N2CC[NH+](Cn3c(=O)oc4ccccc43)CC2)cc1. The van der Waals surface area contributed by atoms with E-state index in [0.717, 1.165) is 37.4 Å². The van der Waals surface area contributed by atoms with Crippen molar-refractivity contribution in [1.29, 1.82) is 0 Å². The Morgan fingerprint density at radius 2 is 1.80 bits per heavy atom. The molecule has 1 fully saturated rings. The summed E-state index contributed by atoms with van der Waals surface area (Å²) in [7, 11) is 1.68. The number of hydrogen-bond acceptors (Lipinski definition) is 4. The third-order valence-corrected chi connectivity index (χ3v) is 4.86. The molecule has 1 aliphatic heterocycles. The van der Waals surface area contributed by atoms with Crippen LogP contribution in [0.5, 0.6) is 5.75 Å². The second kappa shape index (κ2) is 6.64. The van der Waals surface area contributed by atoms with Crippen LogP contribution in [0.2, 0.25) is 0 Å². The van der Waals surface area contributed by atoms with Crippen LogP contribution in [0.1, 0.15) is 0 Å². The van der Waals surface area contributed by atoms with E-state index in [4.69, 9.17) is 9.15 Å². The third-order valence-electron chi connectivity index (χ3n) is 4.86. The van der Waals surface area contributed by atoms with Crippen molar-refractivity contribution in [2.24, 2.45) is 0 Å². The molecule has 0 amide bonds. The fraction of sp³-hybridized carbons (Fsp3) is 0.316. The lowest BCUT2D eigenvalue weighted by molar-refractivity contribution is -0.923. The molecule has 6 heteroatoms. The van der Waals surface area contributed by atoms with E-state index in [-0.39, 0.29) is 5.76 Å². The van der Waals surface area contributed by atoms with Gasteiger partial charge in [0.25, 0.3) is 0 Å². The van der Waals surface area contributed by atoms with Gasteiger partial charge in [-0.05, 0) is 36.4 Å². The molecule has 0 aliphatic carbocycles. The summed E-state index contributed by atoms with van der Waals surface area (Å²) in [4.78, 5) is 15.9. The van der Waals surface area contributed by atoms with Gasteiger partial charge in [0.1, 0.15) is 5.75 Å². The molecular weight excluding hydrogens is 318 g/mol. The van der Waals surface area contributed by atoms with Crippen molar-refractivity contribution in [3.63, 3.8) is 0 Å². The molecule has 1 aromatic heterocycles. The second-order valence-corrected chi connectivity index (χ2v) is 6.36. The summed E-state index contributed by atoms with van der Waals surface area (Å²) >= 11 is 0. The van der Waals surface area contributed by atoms with Crippen LogP contribution in [0.15, 0.2) is 57.7 Å². The number of anilines is 1. The second-order valence-electron chi connectivity index (χ2n) is 6.36. The van der Waals surface area contributed by atoms with Gasteiger partial charge in [0, 0.05) is 5.69 Å². The molecule has 0 bridgehead atoms. The van der Waals surface area contributed by atoms with E-state index >= 15 is 0 Å². The number of benzene rings is 2. The minimum Gasteiger partial charge on any atom is -0.497 e. The van der Waals surface area contributed by atoms with Gasteiger partial charge in [0.05, 0.1) is 38.8 Å². The first-order valence-corrected chi connectivity index (χ1v) is 8.55. The first-order chi connectivity index (χ1) is 12.2. The van der Waals surface area contributed by atoms with Gasteiger partial charge >= 0.3 is 5.76 Å². The van der Waals surface area contributed by atoms with E-state index in [9.17, 15) is 4.79 Å². The highest BCUT2D eigenvalue weighted by atomic mass is 16.5. The van der Waals surface area contributed by atoms with Crippen molar-refractivity contribution in [3.05, 3.63) is 59.1 Å². The summed E-state index contributed by atoms with van der Waals surface area (Å²) in [5.74, 6) is 0.602. The van der Waals surface area contributed by atoms with Gasteiger partial charge in [-0.25, -0.2) is 9.36 Å². The zero-order chi connectivity index (χ0) is 17.2. The van der Waals surface area contributed by atoms with Crippen LogP contribution in [-0.2, 0) is 6.67 Å². The predicted octanol–water partition coefficient (Wildman–Crippen LogP) is 0.966. The van der Waals surface area contributed by atoms with Gasteiger partial charge in [0.15, 0.2) is 12.3 Å². The molecule has 130 valence electrons. The van der Waals surface area contributed by atoms with Crippen molar-refractivity contribution in [1.82, 2.24) is 4.57 Å². The Morgan fingerprint density at radius 3 is 2.52 bits per heavy atom. The smallest absolute Gasteiger partial charge is 0.424 e. The van der Waals surface area contributed by atoms with Crippen LogP contribution in [0.3, 0.4) is 0 Å². The average Bonchev–Trinajstić information content (AvgIpc) is 2.98. The minimum atomic E-state index is -0.272. The molecule has 2 aromatic carbocycles. The molecule has 2 heterocycles. The summed E-state index contributed by atoms with van der Waals surface area (Å²) in [6, 6.07) is 15.8. The molecule has 1 aliphatic rings. The number of quaternary nitrogens is 1. The van der Waals surface area contributed by atoms with Gasteiger partial charge in [-0.3, -0.25) is 0 Å². The Labute approximate surface area is 145 Å². The van der Waals surface area contributed by atoms with Crippen LogP contribution >= 0.6 is 0 Å². The number of methoxy groups -OCH3 is 1. The molecule has 0 unspecified atom stereocenters. The van der Waals surface area contributed by atoms with E-state index in [2.05, 4.69) is 17.0 Å². The van der Waals surface area contributed by atoms with Gasteiger partial charge < -0.3 is 19.0 Å². The molecule has 0 spiro atoms. The number of hydrogen-bond donors (Lipinski definition) is 1. The van der Waals surface area contributed by atoms with Crippen molar-refractivity contribution < 1.29 is 14.1 Å². The maximum absolute atomic E-state index is 12.1. The molecule has 4 rings (SSSR count). The number of aromatic nitrogens is 1. The zero-order valence-corrected chi connectivity index (χ0v) is 14.3. The van der Waals surface area contributed by atoms with E-state index in [0.29, 0.717) is 12.3 Å². The van der Waals surface area contributed by atoms with Crippen LogP contribution in [0, 0.1) is 0 Å². The number of piperazine rings is 1. The van der Waals surface area contributed by atoms with Crippen LogP contribution in [-0.4, -0.2) is 37.9 Å². The first-order valence-electron chi connectivity index (χ1n) is 8.55. The van der Waals surface area contributed by atoms with E-state index < -0.39 is 0 Å². The standard InChI is InChI=1S/C19H21N3O3/c1-24-16-8-6-15(7-9-16)21-12-10-20(11-13-21)14-22-17-4-2-3-5-18(17)25-19(22)23/h2-9H,10-14H2,1H3/p+1. The van der Waals surface area contributed by atoms with Crippen LogP contribution < -0.4 is 20.3 Å². The van der Waals surface area contributed by atoms with Crippen LogP contribution in [0.4, 0.5) is 5.69 Å². The highest BCUT2D eigenvalue weighted by Crippen LogP contribution is 2.19. The number of rotatable bonds is 4. The average molecular weight is 340 g/mol. The Bertz CT molecular complexity index is 906. The van der Waals surface area contributed by atoms with Crippen molar-refractivity contribution >= 4 is 16.8 Å². The Balaban J connectivity index is 1.43. The van der Waals surface area contributed by atoms with Gasteiger partial charge in [0.2, 0.25) is 0 Å². The van der Waals surface area contributed by atoms with E-state index in [1.54, 1.807) is 11.7 Å². The molecule has 0 atom stereocenters. The molecule has 1 N–H and O–H groups in total. The maximum atomic E-state index is 12.1. The quantitative estimate of drug-likeness (QED) is 0.769. The predicted molar refractivity (Wildman–Crippen MR) is 96.4 cm³/mol. The molecule has 6 nitrogen and oxygen atoms in total. The number of ether oxygens (including phenoxy) is 1. The molecule has 0 radical (unpaired) electrons. The number of para-hydroxylation sites is 2. The summed E-state index contributed by atoms with van der Waals surface area (Å²) in [5.41, 5.74) is 2.74. The van der Waals surface area contributed by atoms with E-state index in [1.807, 2.05) is 36.4 Å². The van der Waals surface area contributed by atoms with Gasteiger partial charge in [-0.15, -0.1) is 0 Å². The monoisotopic (exact) mass is 340 g/mol. The Morgan fingerprint density at radius 1 is 1.08 bits per heavy atom. The summed E-state index contributed by atoms with van der Waals surface area (Å²) in [6.45, 7) is 4.54. The zero-order valence-electron chi connectivity index (χ0n) is 14.3. The number of nitrogens with zero attached hydrogens (tertiary/aromatic N) is 2. The third kappa shape index (κ3) is 3.13. The van der Waals surface area contributed by atoms with Crippen molar-refractivity contribution in [2.45, 2.75) is 6.67 Å². The first kappa shape index (κ1) is 15.8. The number of nitrogens with one attached hydrogen (secondary N) is 1. The highest BCUT2D eigenvalue weighted by molar-refractivity contribution is 5.72. The summed E-state index contributed by atoms with van der Waals surface area (Å²) in [5, 5.41) is 0. The van der Waals surface area contributed by atoms with Crippen LogP contribution in [0.25, 0.3) is 11.1 Å². The lowest BCUT2D eigenvalue weighted by atomic mass is 10.2. The Kier molecular flexibility index (Phi) is 4.19. The topological polar surface area (TPSA) is 52.0 Å². The van der Waals surface area contributed by atoms with Gasteiger partial charge in [-0.1, -0.05) is 12.1 Å². The molecule has 0 saturated carbocycles. The fourth-order valence-electron chi connectivity index (χ4n) is 3.42. The maximum Gasteiger partial charge on any atom is 0.424 e. The number of oxazole rings is 1. The van der Waals surface area contributed by atoms with Gasteiger partial charge in [-0.2, -0.15) is 0 Å². The lowest BCUT2D eigenvalue weighted by Crippen LogP contribution is -3.14. The normalized spacial score (nSPS) is 15.6. The molecular formula is C19H22N3O3+.